The Morgan fingerprint density at radius 1 is 0.818 bits per heavy atom. The van der Waals surface area contributed by atoms with E-state index in [1.54, 1.807) is 0 Å². The van der Waals surface area contributed by atoms with Gasteiger partial charge in [0.1, 0.15) is 11.5 Å². The van der Waals surface area contributed by atoms with Crippen LogP contribution in [-0.2, 0) is 0 Å². The van der Waals surface area contributed by atoms with Crippen LogP contribution in [0.4, 0.5) is 0 Å². The van der Waals surface area contributed by atoms with Crippen molar-refractivity contribution in [2.45, 2.75) is 0 Å². The molecular formula is C20H15ClO. The van der Waals surface area contributed by atoms with Gasteiger partial charge in [-0.25, -0.2) is 0 Å². The first-order chi connectivity index (χ1) is 10.8. The van der Waals surface area contributed by atoms with Crippen molar-refractivity contribution in [3.63, 3.8) is 0 Å². The number of hydrogen-bond donors (Lipinski definition) is 0. The Kier molecular flexibility index (Phi) is 4.27. The van der Waals surface area contributed by atoms with Crippen molar-refractivity contribution >= 4 is 29.8 Å². The van der Waals surface area contributed by atoms with E-state index in [2.05, 4.69) is 12.6 Å². The summed E-state index contributed by atoms with van der Waals surface area (Å²) in [5.41, 5.74) is 3.22. The molecule has 0 saturated heterocycles. The molecule has 1 aromatic heterocycles. The van der Waals surface area contributed by atoms with Crippen molar-refractivity contribution in [2.24, 2.45) is 0 Å². The van der Waals surface area contributed by atoms with Gasteiger partial charge in [0, 0.05) is 10.6 Å². The Morgan fingerprint density at radius 2 is 1.55 bits per heavy atom. The van der Waals surface area contributed by atoms with E-state index in [9.17, 15) is 0 Å². The van der Waals surface area contributed by atoms with Crippen molar-refractivity contribution < 1.29 is 4.42 Å². The summed E-state index contributed by atoms with van der Waals surface area (Å²) >= 11 is 5.90. The second kappa shape index (κ2) is 6.50. The number of rotatable bonds is 4. The third kappa shape index (κ3) is 3.21. The minimum atomic E-state index is 0.719. The van der Waals surface area contributed by atoms with Gasteiger partial charge in [-0.05, 0) is 53.6 Å². The Balaban J connectivity index is 1.83. The molecule has 0 saturated carbocycles. The van der Waals surface area contributed by atoms with Crippen LogP contribution in [0.1, 0.15) is 16.9 Å². The molecule has 1 nitrogen and oxygen atoms in total. The predicted octanol–water partition coefficient (Wildman–Crippen LogP) is 6.41. The number of furan rings is 1. The maximum absolute atomic E-state index is 5.90. The van der Waals surface area contributed by atoms with Crippen LogP contribution in [0.15, 0.2) is 71.7 Å². The van der Waals surface area contributed by atoms with Gasteiger partial charge in [0.2, 0.25) is 0 Å². The molecule has 1 heterocycles. The molecule has 22 heavy (non-hydrogen) atoms. The molecule has 0 amide bonds. The van der Waals surface area contributed by atoms with Gasteiger partial charge in [0.25, 0.3) is 0 Å². The molecule has 0 aliphatic rings. The highest BCUT2D eigenvalue weighted by Gasteiger charge is 2.03. The van der Waals surface area contributed by atoms with Gasteiger partial charge in [-0.3, -0.25) is 0 Å². The first-order valence-electron chi connectivity index (χ1n) is 7.01. The van der Waals surface area contributed by atoms with Gasteiger partial charge in [-0.2, -0.15) is 0 Å². The SMILES string of the molecule is C=Cc1ccccc1/C=C/c1ccc(-c2ccc(Cl)cc2)o1. The van der Waals surface area contributed by atoms with Crippen LogP contribution in [0.25, 0.3) is 29.6 Å². The van der Waals surface area contributed by atoms with Crippen molar-refractivity contribution in [1.29, 1.82) is 0 Å². The Bertz CT molecular complexity index is 810. The summed E-state index contributed by atoms with van der Waals surface area (Å²) < 4.78 is 5.85. The Hall–Kier alpha value is -2.51. The first kappa shape index (κ1) is 14.4. The highest BCUT2D eigenvalue weighted by atomic mass is 35.5. The molecule has 2 heteroatoms. The van der Waals surface area contributed by atoms with Crippen molar-refractivity contribution in [2.75, 3.05) is 0 Å². The third-order valence-electron chi connectivity index (χ3n) is 3.40. The van der Waals surface area contributed by atoms with E-state index >= 15 is 0 Å². The van der Waals surface area contributed by atoms with E-state index < -0.39 is 0 Å². The zero-order valence-electron chi connectivity index (χ0n) is 12.0. The lowest BCUT2D eigenvalue weighted by Crippen LogP contribution is -1.77. The topological polar surface area (TPSA) is 13.1 Å². The number of hydrogen-bond acceptors (Lipinski definition) is 1. The average Bonchev–Trinajstić information content (AvgIpc) is 3.03. The highest BCUT2D eigenvalue weighted by Crippen LogP contribution is 2.25. The van der Waals surface area contributed by atoms with E-state index in [1.807, 2.05) is 72.8 Å². The van der Waals surface area contributed by atoms with Gasteiger partial charge in [-0.1, -0.05) is 54.6 Å². The van der Waals surface area contributed by atoms with Crippen molar-refractivity contribution in [3.8, 4) is 11.3 Å². The summed E-state index contributed by atoms with van der Waals surface area (Å²) in [5, 5.41) is 0.719. The molecule has 2 aromatic carbocycles. The molecule has 3 rings (SSSR count). The molecule has 108 valence electrons. The minimum Gasteiger partial charge on any atom is -0.457 e. The van der Waals surface area contributed by atoms with Gasteiger partial charge in [0.15, 0.2) is 0 Å². The van der Waals surface area contributed by atoms with E-state index in [4.69, 9.17) is 16.0 Å². The zero-order chi connectivity index (χ0) is 15.4. The van der Waals surface area contributed by atoms with Crippen molar-refractivity contribution in [3.05, 3.63) is 89.2 Å². The van der Waals surface area contributed by atoms with Crippen LogP contribution in [0.2, 0.25) is 5.02 Å². The van der Waals surface area contributed by atoms with Gasteiger partial charge < -0.3 is 4.42 Å². The van der Waals surface area contributed by atoms with E-state index in [1.165, 1.54) is 0 Å². The maximum atomic E-state index is 5.90. The van der Waals surface area contributed by atoms with E-state index in [0.717, 1.165) is 33.2 Å². The molecule has 0 bridgehead atoms. The third-order valence-corrected chi connectivity index (χ3v) is 3.65. The molecule has 0 aliphatic carbocycles. The van der Waals surface area contributed by atoms with Gasteiger partial charge in [0.05, 0.1) is 0 Å². The smallest absolute Gasteiger partial charge is 0.134 e. The maximum Gasteiger partial charge on any atom is 0.134 e. The molecule has 0 atom stereocenters. The Morgan fingerprint density at radius 3 is 2.27 bits per heavy atom. The minimum absolute atomic E-state index is 0.719. The quantitative estimate of drug-likeness (QED) is 0.542. The van der Waals surface area contributed by atoms with Crippen LogP contribution in [0, 0.1) is 0 Å². The Labute approximate surface area is 135 Å². The lowest BCUT2D eigenvalue weighted by molar-refractivity contribution is 0.572. The molecule has 3 aromatic rings. The highest BCUT2D eigenvalue weighted by molar-refractivity contribution is 6.30. The standard InChI is InChI=1S/C20H15ClO/c1-2-15-5-3-4-6-16(15)9-12-19-13-14-20(22-19)17-7-10-18(21)11-8-17/h2-14H,1H2/b12-9+. The molecule has 0 aliphatic heterocycles. The molecule has 0 N–H and O–H groups in total. The largest absolute Gasteiger partial charge is 0.457 e. The number of halogens is 1. The summed E-state index contributed by atoms with van der Waals surface area (Å²) in [6, 6.07) is 19.6. The van der Waals surface area contributed by atoms with Gasteiger partial charge in [-0.15, -0.1) is 0 Å². The molecule has 0 spiro atoms. The summed E-state index contributed by atoms with van der Waals surface area (Å²) in [5.74, 6) is 1.64. The molecule has 0 radical (unpaired) electrons. The molecular weight excluding hydrogens is 292 g/mol. The zero-order valence-corrected chi connectivity index (χ0v) is 12.8. The summed E-state index contributed by atoms with van der Waals surface area (Å²) in [7, 11) is 0. The van der Waals surface area contributed by atoms with Crippen LogP contribution < -0.4 is 0 Å². The first-order valence-corrected chi connectivity index (χ1v) is 7.39. The van der Waals surface area contributed by atoms with Crippen molar-refractivity contribution in [1.82, 2.24) is 0 Å². The van der Waals surface area contributed by atoms with Crippen LogP contribution in [0.3, 0.4) is 0 Å². The monoisotopic (exact) mass is 306 g/mol. The molecule has 0 fully saturated rings. The second-order valence-corrected chi connectivity index (χ2v) is 5.31. The fourth-order valence-electron chi connectivity index (χ4n) is 2.23. The predicted molar refractivity (Wildman–Crippen MR) is 94.6 cm³/mol. The summed E-state index contributed by atoms with van der Waals surface area (Å²) in [6.45, 7) is 3.83. The van der Waals surface area contributed by atoms with Gasteiger partial charge >= 0.3 is 0 Å². The average molecular weight is 307 g/mol. The second-order valence-electron chi connectivity index (χ2n) is 4.88. The summed E-state index contributed by atoms with van der Waals surface area (Å²) in [6.07, 6.45) is 5.84. The summed E-state index contributed by atoms with van der Waals surface area (Å²) in [4.78, 5) is 0. The lowest BCUT2D eigenvalue weighted by atomic mass is 10.1. The van der Waals surface area contributed by atoms with Crippen LogP contribution in [-0.4, -0.2) is 0 Å². The number of benzene rings is 2. The van der Waals surface area contributed by atoms with E-state index in [-0.39, 0.29) is 0 Å². The fourth-order valence-corrected chi connectivity index (χ4v) is 2.36. The van der Waals surface area contributed by atoms with E-state index in [0.29, 0.717) is 0 Å². The van der Waals surface area contributed by atoms with Crippen LogP contribution >= 0.6 is 11.6 Å². The fraction of sp³-hybridized carbons (Fsp3) is 0. The normalized spacial score (nSPS) is 11.0. The van der Waals surface area contributed by atoms with Crippen LogP contribution in [0.5, 0.6) is 0 Å². The molecule has 0 unspecified atom stereocenters. The lowest BCUT2D eigenvalue weighted by Gasteiger charge is -1.99.